The molecule has 2 heteroatoms. The Hall–Kier alpha value is -0.370. The lowest BCUT2D eigenvalue weighted by Gasteiger charge is -2.22. The second-order valence-electron chi connectivity index (χ2n) is 7.64. The fourth-order valence-corrected chi connectivity index (χ4v) is 4.31. The van der Waals surface area contributed by atoms with Gasteiger partial charge in [0.05, 0.1) is 10.7 Å². The number of hydrogen-bond acceptors (Lipinski definition) is 2. The molecular weight excluding hydrogens is 250 g/mol. The topological polar surface area (TPSA) is 12.9 Å². The Bertz CT molecular complexity index is 415. The highest BCUT2D eigenvalue weighted by molar-refractivity contribution is 7.09. The fraction of sp³-hybridized carbons (Fsp3) is 0.824. The Morgan fingerprint density at radius 2 is 1.79 bits per heavy atom. The van der Waals surface area contributed by atoms with Gasteiger partial charge in [-0.15, -0.1) is 11.3 Å². The van der Waals surface area contributed by atoms with Gasteiger partial charge in [-0.25, -0.2) is 4.98 Å². The molecule has 4 atom stereocenters. The summed E-state index contributed by atoms with van der Waals surface area (Å²) in [6.45, 7) is 14.0. The van der Waals surface area contributed by atoms with E-state index in [1.54, 1.807) is 0 Å². The summed E-state index contributed by atoms with van der Waals surface area (Å²) in [6, 6.07) is 0. The monoisotopic (exact) mass is 279 g/mol. The highest BCUT2D eigenvalue weighted by Gasteiger charge is 2.30. The van der Waals surface area contributed by atoms with E-state index in [9.17, 15) is 0 Å². The largest absolute Gasteiger partial charge is 0.245 e. The number of rotatable bonds is 1. The van der Waals surface area contributed by atoms with Crippen LogP contribution in [0.4, 0.5) is 0 Å². The van der Waals surface area contributed by atoms with Crippen molar-refractivity contribution in [1.82, 2.24) is 4.98 Å². The van der Waals surface area contributed by atoms with Crippen LogP contribution in [0.5, 0.6) is 0 Å². The zero-order chi connectivity index (χ0) is 14.2. The van der Waals surface area contributed by atoms with Gasteiger partial charge in [-0.3, -0.25) is 0 Å². The Kier molecular flexibility index (Phi) is 4.39. The highest BCUT2D eigenvalue weighted by Crippen LogP contribution is 2.41. The molecule has 0 aromatic carbocycles. The molecule has 108 valence electrons. The Balaban J connectivity index is 2.15. The average Bonchev–Trinajstić information content (AvgIpc) is 2.77. The molecule has 2 unspecified atom stereocenters. The van der Waals surface area contributed by atoms with E-state index < -0.39 is 0 Å². The average molecular weight is 279 g/mol. The molecule has 1 fully saturated rings. The zero-order valence-electron chi connectivity index (χ0n) is 13.4. The van der Waals surface area contributed by atoms with E-state index in [-0.39, 0.29) is 5.41 Å². The van der Waals surface area contributed by atoms with Crippen LogP contribution < -0.4 is 0 Å². The maximum absolute atomic E-state index is 4.95. The molecule has 0 spiro atoms. The predicted molar refractivity (Wildman–Crippen MR) is 84.9 cm³/mol. The highest BCUT2D eigenvalue weighted by atomic mass is 32.1. The van der Waals surface area contributed by atoms with Crippen molar-refractivity contribution in [3.8, 4) is 0 Å². The van der Waals surface area contributed by atoms with Crippen molar-refractivity contribution in [1.29, 1.82) is 0 Å². The first-order valence-electron chi connectivity index (χ1n) is 7.75. The number of thiazole rings is 1. The summed E-state index contributed by atoms with van der Waals surface area (Å²) in [5.74, 6) is 3.24. The lowest BCUT2D eigenvalue weighted by Crippen LogP contribution is -2.14. The lowest BCUT2D eigenvalue weighted by atomic mass is 9.83. The molecule has 2 rings (SSSR count). The maximum Gasteiger partial charge on any atom is 0.0959 e. The van der Waals surface area contributed by atoms with Crippen molar-refractivity contribution in [2.24, 2.45) is 17.8 Å². The molecule has 0 aliphatic heterocycles. The van der Waals surface area contributed by atoms with Crippen LogP contribution in [0, 0.1) is 17.8 Å². The van der Waals surface area contributed by atoms with Crippen LogP contribution in [0.2, 0.25) is 0 Å². The van der Waals surface area contributed by atoms with E-state index in [0.717, 1.165) is 17.8 Å². The van der Waals surface area contributed by atoms with Gasteiger partial charge < -0.3 is 0 Å². The summed E-state index contributed by atoms with van der Waals surface area (Å²) in [6.07, 6.45) is 4.01. The van der Waals surface area contributed by atoms with Crippen molar-refractivity contribution in [2.45, 2.75) is 72.1 Å². The van der Waals surface area contributed by atoms with Gasteiger partial charge in [0.1, 0.15) is 0 Å². The molecular formula is C17H29NS. The van der Waals surface area contributed by atoms with Crippen molar-refractivity contribution < 1.29 is 0 Å². The summed E-state index contributed by atoms with van der Waals surface area (Å²) in [4.78, 5) is 4.95. The van der Waals surface area contributed by atoms with Crippen LogP contribution >= 0.6 is 11.3 Å². The summed E-state index contributed by atoms with van der Waals surface area (Å²) in [7, 11) is 0. The fourth-order valence-electron chi connectivity index (χ4n) is 3.11. The van der Waals surface area contributed by atoms with E-state index in [1.165, 1.54) is 30.0 Å². The Morgan fingerprint density at radius 3 is 2.37 bits per heavy atom. The van der Waals surface area contributed by atoms with Gasteiger partial charge in [0, 0.05) is 16.7 Å². The van der Waals surface area contributed by atoms with Gasteiger partial charge in [-0.1, -0.05) is 41.5 Å². The van der Waals surface area contributed by atoms with Crippen LogP contribution in [-0.4, -0.2) is 4.98 Å². The van der Waals surface area contributed by atoms with E-state index in [0.29, 0.717) is 5.92 Å². The van der Waals surface area contributed by atoms with E-state index in [1.807, 2.05) is 11.3 Å². The molecule has 1 aliphatic carbocycles. The number of aromatic nitrogens is 1. The molecule has 0 bridgehead atoms. The van der Waals surface area contributed by atoms with Gasteiger partial charge in [-0.05, 0) is 37.0 Å². The first kappa shape index (κ1) is 15.0. The van der Waals surface area contributed by atoms with Crippen molar-refractivity contribution >= 4 is 11.3 Å². The molecule has 0 N–H and O–H groups in total. The summed E-state index contributed by atoms with van der Waals surface area (Å²) >= 11 is 1.89. The standard InChI is InChI=1S/C17H29NS/c1-11-7-8-14(9-12(2)13(11)3)16-18-15(10-19-16)17(4,5)6/h10-14H,7-9H2,1-6H3/t11-,12?,13?,14-/m1/s1. The summed E-state index contributed by atoms with van der Waals surface area (Å²) in [5, 5.41) is 3.66. The molecule has 1 aromatic heterocycles. The summed E-state index contributed by atoms with van der Waals surface area (Å²) < 4.78 is 0. The molecule has 1 nitrogen and oxygen atoms in total. The lowest BCUT2D eigenvalue weighted by molar-refractivity contribution is 0.281. The van der Waals surface area contributed by atoms with Crippen LogP contribution in [0.1, 0.15) is 77.4 Å². The van der Waals surface area contributed by atoms with Crippen molar-refractivity contribution in [2.75, 3.05) is 0 Å². The minimum Gasteiger partial charge on any atom is -0.245 e. The number of hydrogen-bond donors (Lipinski definition) is 0. The summed E-state index contributed by atoms with van der Waals surface area (Å²) in [5.41, 5.74) is 1.46. The van der Waals surface area contributed by atoms with Crippen LogP contribution in [0.15, 0.2) is 5.38 Å². The van der Waals surface area contributed by atoms with Crippen molar-refractivity contribution in [3.05, 3.63) is 16.1 Å². The quantitative estimate of drug-likeness (QED) is 0.608. The molecule has 0 radical (unpaired) electrons. The normalized spacial score (nSPS) is 33.2. The SMILES string of the molecule is CC1C[C@H](c2nc(C(C)(C)C)cs2)CC[C@@H](C)C1C. The van der Waals surface area contributed by atoms with Gasteiger partial charge in [-0.2, -0.15) is 0 Å². The Morgan fingerprint density at radius 1 is 1.11 bits per heavy atom. The molecule has 0 saturated heterocycles. The minimum atomic E-state index is 0.186. The minimum absolute atomic E-state index is 0.186. The van der Waals surface area contributed by atoms with Crippen LogP contribution in [-0.2, 0) is 5.41 Å². The molecule has 1 heterocycles. The first-order chi connectivity index (χ1) is 8.79. The Labute approximate surface area is 122 Å². The predicted octanol–water partition coefficient (Wildman–Crippen LogP) is 5.62. The third-order valence-corrected chi connectivity index (χ3v) is 6.07. The molecule has 1 aliphatic rings. The number of nitrogens with zero attached hydrogens (tertiary/aromatic N) is 1. The van der Waals surface area contributed by atoms with Gasteiger partial charge >= 0.3 is 0 Å². The van der Waals surface area contributed by atoms with E-state index in [4.69, 9.17) is 4.98 Å². The van der Waals surface area contributed by atoms with E-state index in [2.05, 4.69) is 46.9 Å². The third kappa shape index (κ3) is 3.39. The molecule has 0 amide bonds. The van der Waals surface area contributed by atoms with Gasteiger partial charge in [0.15, 0.2) is 0 Å². The van der Waals surface area contributed by atoms with Crippen molar-refractivity contribution in [3.63, 3.8) is 0 Å². The van der Waals surface area contributed by atoms with E-state index >= 15 is 0 Å². The first-order valence-corrected chi connectivity index (χ1v) is 8.63. The molecule has 19 heavy (non-hydrogen) atoms. The smallest absolute Gasteiger partial charge is 0.0959 e. The second-order valence-corrected chi connectivity index (χ2v) is 8.53. The maximum atomic E-state index is 4.95. The van der Waals surface area contributed by atoms with Gasteiger partial charge in [0.25, 0.3) is 0 Å². The second kappa shape index (κ2) is 5.55. The van der Waals surface area contributed by atoms with Gasteiger partial charge in [0.2, 0.25) is 0 Å². The third-order valence-electron chi connectivity index (χ3n) is 5.06. The van der Waals surface area contributed by atoms with Crippen LogP contribution in [0.3, 0.4) is 0 Å². The van der Waals surface area contributed by atoms with Crippen LogP contribution in [0.25, 0.3) is 0 Å². The molecule has 1 aromatic rings. The zero-order valence-corrected chi connectivity index (χ0v) is 14.2. The molecule has 1 saturated carbocycles.